The molecule has 96 valence electrons. The summed E-state index contributed by atoms with van der Waals surface area (Å²) >= 11 is 0. The van der Waals surface area contributed by atoms with E-state index in [-0.39, 0.29) is 0 Å². The molecule has 0 unspecified atom stereocenters. The van der Waals surface area contributed by atoms with Gasteiger partial charge in [0.05, 0.1) is 0 Å². The Kier molecular flexibility index (Phi) is 3.14. The molecule has 0 amide bonds. The number of aryl methyl sites for hydroxylation is 1. The van der Waals surface area contributed by atoms with Crippen LogP contribution < -0.4 is 4.74 Å². The molecule has 0 spiro atoms. The van der Waals surface area contributed by atoms with Gasteiger partial charge in [-0.2, -0.15) is 4.98 Å². The number of nitrogens with zero attached hydrogens (tertiary/aromatic N) is 2. The zero-order valence-electron chi connectivity index (χ0n) is 10.7. The molecule has 0 atom stereocenters. The van der Waals surface area contributed by atoms with Gasteiger partial charge in [0.25, 0.3) is 0 Å². The van der Waals surface area contributed by atoms with E-state index >= 15 is 0 Å². The second-order valence-electron chi connectivity index (χ2n) is 4.22. The summed E-state index contributed by atoms with van der Waals surface area (Å²) in [7, 11) is 0. The van der Waals surface area contributed by atoms with Crippen molar-refractivity contribution < 1.29 is 9.15 Å². The van der Waals surface area contributed by atoms with Crippen LogP contribution in [0.4, 0.5) is 0 Å². The Balaban J connectivity index is 1.70. The van der Waals surface area contributed by atoms with Crippen LogP contribution in [0.1, 0.15) is 18.4 Å². The van der Waals surface area contributed by atoms with E-state index < -0.39 is 0 Å². The summed E-state index contributed by atoms with van der Waals surface area (Å²) in [5, 5.41) is 0. The van der Waals surface area contributed by atoms with Crippen molar-refractivity contribution in [2.75, 3.05) is 0 Å². The van der Waals surface area contributed by atoms with Gasteiger partial charge in [0, 0.05) is 6.20 Å². The molecule has 0 radical (unpaired) electrons. The first-order valence-electron chi connectivity index (χ1n) is 6.27. The molecular weight excluding hydrogens is 240 g/mol. The van der Waals surface area contributed by atoms with Crippen LogP contribution in [-0.2, 0) is 13.0 Å². The van der Waals surface area contributed by atoms with Crippen LogP contribution in [-0.4, -0.2) is 9.97 Å². The van der Waals surface area contributed by atoms with Gasteiger partial charge in [-0.1, -0.05) is 19.1 Å². The molecule has 0 fully saturated rings. The summed E-state index contributed by atoms with van der Waals surface area (Å²) in [6.07, 6.45) is 2.72. The standard InChI is InChI=1S/C15H14N2O2/c1-2-11-5-7-12(8-6-11)18-10-14-17-15-13(19-14)4-3-9-16-15/h3-9H,2,10H2,1H3. The summed E-state index contributed by atoms with van der Waals surface area (Å²) in [6, 6.07) is 11.7. The van der Waals surface area contributed by atoms with Crippen LogP contribution in [0.2, 0.25) is 0 Å². The van der Waals surface area contributed by atoms with Crippen molar-refractivity contribution in [3.63, 3.8) is 0 Å². The smallest absolute Gasteiger partial charge is 0.235 e. The van der Waals surface area contributed by atoms with Crippen LogP contribution in [0.3, 0.4) is 0 Å². The van der Waals surface area contributed by atoms with Crippen LogP contribution >= 0.6 is 0 Å². The third-order valence-corrected chi connectivity index (χ3v) is 2.90. The summed E-state index contributed by atoms with van der Waals surface area (Å²) in [6.45, 7) is 2.43. The van der Waals surface area contributed by atoms with Gasteiger partial charge in [0.1, 0.15) is 5.75 Å². The highest BCUT2D eigenvalue weighted by molar-refractivity contribution is 5.66. The number of fused-ring (bicyclic) bond motifs is 1. The number of pyridine rings is 1. The van der Waals surface area contributed by atoms with E-state index in [1.54, 1.807) is 6.20 Å². The minimum Gasteiger partial charge on any atom is -0.484 e. The molecule has 0 saturated carbocycles. The molecule has 2 heterocycles. The second-order valence-corrected chi connectivity index (χ2v) is 4.22. The maximum atomic E-state index is 5.64. The Morgan fingerprint density at radius 3 is 2.74 bits per heavy atom. The predicted molar refractivity (Wildman–Crippen MR) is 72.0 cm³/mol. The lowest BCUT2D eigenvalue weighted by atomic mass is 10.2. The van der Waals surface area contributed by atoms with E-state index in [0.717, 1.165) is 12.2 Å². The van der Waals surface area contributed by atoms with Crippen molar-refractivity contribution in [2.45, 2.75) is 20.0 Å². The lowest BCUT2D eigenvalue weighted by Gasteiger charge is -2.03. The molecular formula is C15H14N2O2. The van der Waals surface area contributed by atoms with Crippen molar-refractivity contribution in [3.05, 3.63) is 54.0 Å². The normalized spacial score (nSPS) is 10.8. The predicted octanol–water partition coefficient (Wildman–Crippen LogP) is 3.36. The fourth-order valence-electron chi connectivity index (χ4n) is 1.84. The number of aromatic nitrogens is 2. The molecule has 19 heavy (non-hydrogen) atoms. The monoisotopic (exact) mass is 254 g/mol. The number of hydrogen-bond donors (Lipinski definition) is 0. The highest BCUT2D eigenvalue weighted by atomic mass is 16.5. The Bertz CT molecular complexity index is 641. The van der Waals surface area contributed by atoms with E-state index in [2.05, 4.69) is 29.0 Å². The molecule has 0 aliphatic heterocycles. The van der Waals surface area contributed by atoms with Crippen molar-refractivity contribution in [3.8, 4) is 5.75 Å². The maximum Gasteiger partial charge on any atom is 0.235 e. The fraction of sp³-hybridized carbons (Fsp3) is 0.200. The van der Waals surface area contributed by atoms with Crippen molar-refractivity contribution in [1.29, 1.82) is 0 Å². The van der Waals surface area contributed by atoms with Gasteiger partial charge in [-0.3, -0.25) is 0 Å². The second kappa shape index (κ2) is 5.10. The molecule has 3 aromatic rings. The van der Waals surface area contributed by atoms with Crippen molar-refractivity contribution >= 4 is 11.2 Å². The molecule has 4 nitrogen and oxygen atoms in total. The zero-order valence-corrected chi connectivity index (χ0v) is 10.7. The highest BCUT2D eigenvalue weighted by Gasteiger charge is 2.06. The first-order chi connectivity index (χ1) is 9.35. The largest absolute Gasteiger partial charge is 0.484 e. The lowest BCUT2D eigenvalue weighted by molar-refractivity contribution is 0.267. The summed E-state index contributed by atoms with van der Waals surface area (Å²) < 4.78 is 11.2. The SMILES string of the molecule is CCc1ccc(OCc2nc3ncccc3o2)cc1. The number of ether oxygens (including phenoxy) is 1. The van der Waals surface area contributed by atoms with E-state index in [9.17, 15) is 0 Å². The van der Waals surface area contributed by atoms with Gasteiger partial charge in [-0.25, -0.2) is 4.98 Å². The summed E-state index contributed by atoms with van der Waals surface area (Å²) in [5.41, 5.74) is 2.59. The van der Waals surface area contributed by atoms with Crippen molar-refractivity contribution in [1.82, 2.24) is 9.97 Å². The summed E-state index contributed by atoms with van der Waals surface area (Å²) in [4.78, 5) is 8.38. The van der Waals surface area contributed by atoms with E-state index in [1.165, 1.54) is 5.56 Å². The minimum absolute atomic E-state index is 0.307. The number of rotatable bonds is 4. The van der Waals surface area contributed by atoms with E-state index in [1.807, 2.05) is 24.3 Å². The number of benzene rings is 1. The quantitative estimate of drug-likeness (QED) is 0.716. The molecule has 4 heteroatoms. The van der Waals surface area contributed by atoms with Crippen molar-refractivity contribution in [2.24, 2.45) is 0 Å². The van der Waals surface area contributed by atoms with Gasteiger partial charge in [-0.15, -0.1) is 0 Å². The van der Waals surface area contributed by atoms with Crippen LogP contribution in [0.25, 0.3) is 11.2 Å². The lowest BCUT2D eigenvalue weighted by Crippen LogP contribution is -1.95. The Morgan fingerprint density at radius 1 is 1.16 bits per heavy atom. The molecule has 3 rings (SSSR count). The van der Waals surface area contributed by atoms with Gasteiger partial charge in [0.15, 0.2) is 17.8 Å². The molecule has 0 aliphatic rings. The van der Waals surface area contributed by atoms with Gasteiger partial charge < -0.3 is 9.15 Å². The van der Waals surface area contributed by atoms with Crippen LogP contribution in [0.15, 0.2) is 47.0 Å². The average molecular weight is 254 g/mol. The van der Waals surface area contributed by atoms with Gasteiger partial charge in [0.2, 0.25) is 5.89 Å². The Hall–Kier alpha value is -2.36. The van der Waals surface area contributed by atoms with Crippen LogP contribution in [0.5, 0.6) is 5.75 Å². The van der Waals surface area contributed by atoms with Gasteiger partial charge in [-0.05, 0) is 36.2 Å². The summed E-state index contributed by atoms with van der Waals surface area (Å²) in [5.74, 6) is 1.35. The maximum absolute atomic E-state index is 5.64. The number of oxazole rings is 1. The highest BCUT2D eigenvalue weighted by Crippen LogP contribution is 2.16. The zero-order chi connectivity index (χ0) is 13.1. The molecule has 2 aromatic heterocycles. The molecule has 0 N–H and O–H groups in total. The Morgan fingerprint density at radius 2 is 2.00 bits per heavy atom. The van der Waals surface area contributed by atoms with Crippen LogP contribution in [0, 0.1) is 0 Å². The first kappa shape index (κ1) is 11.7. The van der Waals surface area contributed by atoms with E-state index in [0.29, 0.717) is 23.7 Å². The third-order valence-electron chi connectivity index (χ3n) is 2.90. The molecule has 0 bridgehead atoms. The topological polar surface area (TPSA) is 48.2 Å². The molecule has 0 aliphatic carbocycles. The Labute approximate surface area is 111 Å². The fourth-order valence-corrected chi connectivity index (χ4v) is 1.84. The van der Waals surface area contributed by atoms with Gasteiger partial charge >= 0.3 is 0 Å². The molecule has 1 aromatic carbocycles. The minimum atomic E-state index is 0.307. The first-order valence-corrected chi connectivity index (χ1v) is 6.27. The average Bonchev–Trinajstić information content (AvgIpc) is 2.88. The number of hydrogen-bond acceptors (Lipinski definition) is 4. The molecule has 0 saturated heterocycles. The third kappa shape index (κ3) is 2.57. The van der Waals surface area contributed by atoms with E-state index in [4.69, 9.17) is 9.15 Å².